The van der Waals surface area contributed by atoms with E-state index in [9.17, 15) is 19.1 Å². The molecule has 2 aromatic heterocycles. The quantitative estimate of drug-likeness (QED) is 0.563. The van der Waals surface area contributed by atoms with Crippen LogP contribution in [0.15, 0.2) is 41.3 Å². The lowest BCUT2D eigenvalue weighted by Gasteiger charge is -2.15. The predicted molar refractivity (Wildman–Crippen MR) is 106 cm³/mol. The van der Waals surface area contributed by atoms with Gasteiger partial charge in [0.1, 0.15) is 16.9 Å². The summed E-state index contributed by atoms with van der Waals surface area (Å²) in [7, 11) is 0. The second-order valence-electron chi connectivity index (χ2n) is 6.53. The average molecular weight is 398 g/mol. The molecule has 8 heteroatoms. The summed E-state index contributed by atoms with van der Waals surface area (Å²) in [6.07, 6.45) is 2.39. The monoisotopic (exact) mass is 398 g/mol. The molecule has 3 N–H and O–H groups in total. The number of aryl methyl sites for hydroxylation is 1. The fourth-order valence-corrected chi connectivity index (χ4v) is 3.12. The summed E-state index contributed by atoms with van der Waals surface area (Å²) in [5, 5.41) is 21.8. The molecule has 0 atom stereocenters. The molecule has 0 aliphatic heterocycles. The van der Waals surface area contributed by atoms with Gasteiger partial charge in [-0.3, -0.25) is 14.6 Å². The Morgan fingerprint density at radius 1 is 1.24 bits per heavy atom. The standard InChI is InChI=1S/C21H21FN3O4/c1-2-8-25-16-11-14(10-13-3-5-15(22)6-4-13)12-24-18(16)19(27)17(21(25)29)20(28)23-7-9-26/h3-6,11-12,26-27H,1-2,7-10H2,(H,23,28). The van der Waals surface area contributed by atoms with Gasteiger partial charge in [0.25, 0.3) is 11.5 Å². The van der Waals surface area contributed by atoms with Crippen molar-refractivity contribution in [2.45, 2.75) is 19.4 Å². The summed E-state index contributed by atoms with van der Waals surface area (Å²) in [6.45, 7) is 3.66. The van der Waals surface area contributed by atoms with Crippen molar-refractivity contribution in [3.8, 4) is 5.75 Å². The van der Waals surface area contributed by atoms with Crippen molar-refractivity contribution in [3.63, 3.8) is 0 Å². The predicted octanol–water partition coefficient (Wildman–Crippen LogP) is 1.78. The minimum atomic E-state index is -0.779. The number of halogens is 1. The van der Waals surface area contributed by atoms with E-state index in [0.717, 1.165) is 11.1 Å². The first-order valence-electron chi connectivity index (χ1n) is 9.13. The lowest BCUT2D eigenvalue weighted by atomic mass is 10.1. The number of benzene rings is 1. The van der Waals surface area contributed by atoms with Gasteiger partial charge in [-0.05, 0) is 42.2 Å². The fraction of sp³-hybridized carbons (Fsp3) is 0.238. The number of carbonyl (C=O) groups is 1. The van der Waals surface area contributed by atoms with Gasteiger partial charge in [-0.2, -0.15) is 0 Å². The smallest absolute Gasteiger partial charge is 0.267 e. The van der Waals surface area contributed by atoms with E-state index in [-0.39, 0.29) is 31.0 Å². The van der Waals surface area contributed by atoms with E-state index in [0.29, 0.717) is 18.4 Å². The number of aromatic nitrogens is 2. The van der Waals surface area contributed by atoms with Crippen LogP contribution in [0.1, 0.15) is 27.9 Å². The third-order valence-corrected chi connectivity index (χ3v) is 4.46. The number of pyridine rings is 2. The van der Waals surface area contributed by atoms with Crippen LogP contribution in [0.4, 0.5) is 4.39 Å². The van der Waals surface area contributed by atoms with E-state index >= 15 is 0 Å². The summed E-state index contributed by atoms with van der Waals surface area (Å²) in [4.78, 5) is 29.5. The molecule has 0 bridgehead atoms. The highest BCUT2D eigenvalue weighted by atomic mass is 19.1. The van der Waals surface area contributed by atoms with E-state index in [4.69, 9.17) is 5.11 Å². The molecule has 0 saturated heterocycles. The second-order valence-corrected chi connectivity index (χ2v) is 6.53. The number of rotatable bonds is 7. The van der Waals surface area contributed by atoms with Crippen molar-refractivity contribution in [2.24, 2.45) is 0 Å². The molecule has 1 aromatic carbocycles. The number of fused-ring (bicyclic) bond motifs is 1. The molecule has 0 aliphatic rings. The third-order valence-electron chi connectivity index (χ3n) is 4.46. The second kappa shape index (κ2) is 8.83. The SMILES string of the molecule is [CH2]CCn1c(=O)c(C(=O)NCCO)c(O)c2ncc(Cc3ccc(F)cc3)cc21. The van der Waals surface area contributed by atoms with Gasteiger partial charge in [-0.1, -0.05) is 19.1 Å². The first-order valence-corrected chi connectivity index (χ1v) is 9.13. The maximum atomic E-state index is 13.1. The number of aliphatic hydroxyl groups is 1. The number of nitrogens with zero attached hydrogens (tertiary/aromatic N) is 2. The molecule has 29 heavy (non-hydrogen) atoms. The summed E-state index contributed by atoms with van der Waals surface area (Å²) in [5.74, 6) is -1.61. The highest BCUT2D eigenvalue weighted by Gasteiger charge is 2.23. The number of carbonyl (C=O) groups excluding carboxylic acids is 1. The maximum absolute atomic E-state index is 13.1. The summed E-state index contributed by atoms with van der Waals surface area (Å²) < 4.78 is 14.5. The number of hydrogen-bond donors (Lipinski definition) is 3. The Balaban J connectivity index is 2.11. The molecule has 3 rings (SSSR count). The first kappa shape index (κ1) is 20.5. The highest BCUT2D eigenvalue weighted by molar-refractivity contribution is 6.01. The lowest BCUT2D eigenvalue weighted by molar-refractivity contribution is 0.0940. The summed E-state index contributed by atoms with van der Waals surface area (Å²) >= 11 is 0. The molecule has 1 radical (unpaired) electrons. The Hall–Kier alpha value is -3.26. The molecule has 0 saturated carbocycles. The van der Waals surface area contributed by atoms with Gasteiger partial charge in [0, 0.05) is 19.3 Å². The molecule has 0 spiro atoms. The zero-order valence-corrected chi connectivity index (χ0v) is 15.7. The highest BCUT2D eigenvalue weighted by Crippen LogP contribution is 2.26. The first-order chi connectivity index (χ1) is 14.0. The minimum Gasteiger partial charge on any atom is -0.505 e. The normalized spacial score (nSPS) is 11.0. The number of aliphatic hydroxyl groups excluding tert-OH is 1. The van der Waals surface area contributed by atoms with Gasteiger partial charge in [-0.25, -0.2) is 4.39 Å². The Kier molecular flexibility index (Phi) is 6.23. The van der Waals surface area contributed by atoms with Gasteiger partial charge in [-0.15, -0.1) is 0 Å². The average Bonchev–Trinajstić information content (AvgIpc) is 2.71. The Labute approximate surface area is 166 Å². The van der Waals surface area contributed by atoms with Gasteiger partial charge < -0.3 is 20.1 Å². The van der Waals surface area contributed by atoms with Gasteiger partial charge in [0.15, 0.2) is 5.75 Å². The zero-order chi connectivity index (χ0) is 21.0. The Morgan fingerprint density at radius 3 is 2.62 bits per heavy atom. The van der Waals surface area contributed by atoms with Crippen LogP contribution in [-0.4, -0.2) is 38.8 Å². The molecular weight excluding hydrogens is 377 g/mol. The number of aromatic hydroxyl groups is 1. The summed E-state index contributed by atoms with van der Waals surface area (Å²) in [5.41, 5.74) is 1.05. The molecule has 7 nitrogen and oxygen atoms in total. The van der Waals surface area contributed by atoms with Gasteiger partial charge >= 0.3 is 0 Å². The largest absolute Gasteiger partial charge is 0.505 e. The molecule has 0 fully saturated rings. The van der Waals surface area contributed by atoms with Crippen LogP contribution in [0.25, 0.3) is 11.0 Å². The van der Waals surface area contributed by atoms with Crippen LogP contribution in [0, 0.1) is 12.7 Å². The zero-order valence-electron chi connectivity index (χ0n) is 15.7. The topological polar surface area (TPSA) is 104 Å². The molecule has 3 aromatic rings. The number of amides is 1. The van der Waals surface area contributed by atoms with Crippen LogP contribution in [0.3, 0.4) is 0 Å². The fourth-order valence-electron chi connectivity index (χ4n) is 3.12. The molecule has 151 valence electrons. The molecule has 0 unspecified atom stereocenters. The van der Waals surface area contributed by atoms with Crippen LogP contribution < -0.4 is 10.9 Å². The van der Waals surface area contributed by atoms with Crippen LogP contribution in [0.2, 0.25) is 0 Å². The van der Waals surface area contributed by atoms with E-state index in [2.05, 4.69) is 17.2 Å². The van der Waals surface area contributed by atoms with Crippen molar-refractivity contribution < 1.29 is 19.4 Å². The van der Waals surface area contributed by atoms with E-state index in [1.54, 1.807) is 24.4 Å². The van der Waals surface area contributed by atoms with Crippen molar-refractivity contribution in [2.75, 3.05) is 13.2 Å². The van der Waals surface area contributed by atoms with Gasteiger partial charge in [0.05, 0.1) is 12.1 Å². The van der Waals surface area contributed by atoms with Crippen LogP contribution in [-0.2, 0) is 13.0 Å². The number of nitrogens with one attached hydrogen (secondary N) is 1. The van der Waals surface area contributed by atoms with Crippen molar-refractivity contribution >= 4 is 16.9 Å². The third kappa shape index (κ3) is 4.27. The van der Waals surface area contributed by atoms with Crippen LogP contribution >= 0.6 is 0 Å². The number of hydrogen-bond acceptors (Lipinski definition) is 5. The molecule has 2 heterocycles. The van der Waals surface area contributed by atoms with E-state index < -0.39 is 22.8 Å². The minimum absolute atomic E-state index is 0.0465. The van der Waals surface area contributed by atoms with E-state index in [1.165, 1.54) is 16.7 Å². The Morgan fingerprint density at radius 2 is 1.97 bits per heavy atom. The van der Waals surface area contributed by atoms with Crippen molar-refractivity contribution in [3.05, 3.63) is 76.3 Å². The summed E-state index contributed by atoms with van der Waals surface area (Å²) in [6, 6.07) is 7.78. The van der Waals surface area contributed by atoms with Crippen LogP contribution in [0.5, 0.6) is 5.75 Å². The molecule has 0 aliphatic carbocycles. The maximum Gasteiger partial charge on any atom is 0.267 e. The molecular formula is C21H21FN3O4. The lowest BCUT2D eigenvalue weighted by Crippen LogP contribution is -2.34. The molecule has 1 amide bonds. The Bertz CT molecular complexity index is 1090. The van der Waals surface area contributed by atoms with Crippen molar-refractivity contribution in [1.29, 1.82) is 0 Å². The van der Waals surface area contributed by atoms with Crippen molar-refractivity contribution in [1.82, 2.24) is 14.9 Å². The van der Waals surface area contributed by atoms with Gasteiger partial charge in [0.2, 0.25) is 0 Å². The van der Waals surface area contributed by atoms with E-state index in [1.807, 2.05) is 0 Å².